The van der Waals surface area contributed by atoms with Crippen LogP contribution < -0.4 is 17.2 Å². The molecule has 3 atom stereocenters. The third kappa shape index (κ3) is 2.95. The summed E-state index contributed by atoms with van der Waals surface area (Å²) in [6.07, 6.45) is 1.42. The highest BCUT2D eigenvalue weighted by atomic mass is 16.5. The lowest BCUT2D eigenvalue weighted by atomic mass is 10.2. The van der Waals surface area contributed by atoms with Crippen molar-refractivity contribution in [1.82, 2.24) is 0 Å². The fraction of sp³-hybridized carbons (Fsp3) is 0.875. The van der Waals surface area contributed by atoms with Gasteiger partial charge < -0.3 is 21.9 Å². The SMILES string of the molecule is NCCC(=O)O[C@H]1CC(N)CC1N. The highest BCUT2D eigenvalue weighted by molar-refractivity contribution is 5.69. The quantitative estimate of drug-likeness (QED) is 0.476. The van der Waals surface area contributed by atoms with Gasteiger partial charge in [-0.05, 0) is 6.42 Å². The second-order valence-corrected chi connectivity index (χ2v) is 3.46. The molecule has 0 aliphatic heterocycles. The van der Waals surface area contributed by atoms with Crippen LogP contribution >= 0.6 is 0 Å². The highest BCUT2D eigenvalue weighted by Gasteiger charge is 2.32. The summed E-state index contributed by atoms with van der Waals surface area (Å²) < 4.78 is 5.11. The van der Waals surface area contributed by atoms with Gasteiger partial charge >= 0.3 is 5.97 Å². The Kier molecular flexibility index (Phi) is 3.65. The molecule has 0 aromatic carbocycles. The van der Waals surface area contributed by atoms with Crippen LogP contribution in [0.1, 0.15) is 19.3 Å². The van der Waals surface area contributed by atoms with Crippen LogP contribution in [-0.4, -0.2) is 30.7 Å². The molecule has 5 heteroatoms. The maximum absolute atomic E-state index is 11.1. The van der Waals surface area contributed by atoms with Gasteiger partial charge in [-0.2, -0.15) is 0 Å². The summed E-state index contributed by atoms with van der Waals surface area (Å²) in [4.78, 5) is 11.1. The fourth-order valence-corrected chi connectivity index (χ4v) is 1.55. The van der Waals surface area contributed by atoms with Gasteiger partial charge in [-0.15, -0.1) is 0 Å². The Balaban J connectivity index is 2.32. The first-order valence-electron chi connectivity index (χ1n) is 4.54. The number of carbonyl (C=O) groups excluding carboxylic acids is 1. The third-order valence-electron chi connectivity index (χ3n) is 2.22. The molecule has 0 amide bonds. The van der Waals surface area contributed by atoms with Crippen molar-refractivity contribution in [2.24, 2.45) is 17.2 Å². The molecule has 0 spiro atoms. The molecular weight excluding hydrogens is 170 g/mol. The van der Waals surface area contributed by atoms with Gasteiger partial charge in [-0.25, -0.2) is 0 Å². The minimum Gasteiger partial charge on any atom is -0.461 e. The van der Waals surface area contributed by atoms with Crippen LogP contribution in [0.25, 0.3) is 0 Å². The Morgan fingerprint density at radius 3 is 2.54 bits per heavy atom. The number of hydrogen-bond donors (Lipinski definition) is 3. The second kappa shape index (κ2) is 4.55. The minimum absolute atomic E-state index is 0.0608. The molecule has 1 saturated carbocycles. The van der Waals surface area contributed by atoms with Gasteiger partial charge in [0.2, 0.25) is 0 Å². The topological polar surface area (TPSA) is 104 Å². The maximum atomic E-state index is 11.1. The summed E-state index contributed by atoms with van der Waals surface area (Å²) in [7, 11) is 0. The fourth-order valence-electron chi connectivity index (χ4n) is 1.55. The number of nitrogens with two attached hydrogens (primary N) is 3. The van der Waals surface area contributed by atoms with Crippen LogP contribution in [-0.2, 0) is 9.53 Å². The van der Waals surface area contributed by atoms with Gasteiger partial charge in [0.15, 0.2) is 0 Å². The summed E-state index contributed by atoms with van der Waals surface area (Å²) >= 11 is 0. The lowest BCUT2D eigenvalue weighted by Gasteiger charge is -2.15. The number of ether oxygens (including phenoxy) is 1. The van der Waals surface area contributed by atoms with E-state index in [-0.39, 0.29) is 30.6 Å². The van der Waals surface area contributed by atoms with Crippen LogP contribution in [0, 0.1) is 0 Å². The number of rotatable bonds is 3. The molecule has 76 valence electrons. The number of hydrogen-bond acceptors (Lipinski definition) is 5. The van der Waals surface area contributed by atoms with E-state index in [4.69, 9.17) is 21.9 Å². The molecule has 5 nitrogen and oxygen atoms in total. The van der Waals surface area contributed by atoms with Crippen LogP contribution in [0.2, 0.25) is 0 Å². The van der Waals surface area contributed by atoms with Crippen molar-refractivity contribution < 1.29 is 9.53 Å². The minimum atomic E-state index is -0.281. The van der Waals surface area contributed by atoms with Crippen molar-refractivity contribution in [3.63, 3.8) is 0 Å². The van der Waals surface area contributed by atoms with Gasteiger partial charge in [0, 0.05) is 25.0 Å². The first-order chi connectivity index (χ1) is 6.13. The molecule has 0 bridgehead atoms. The molecular formula is C8H17N3O2. The van der Waals surface area contributed by atoms with Crippen molar-refractivity contribution in [3.05, 3.63) is 0 Å². The van der Waals surface area contributed by atoms with Gasteiger partial charge in [-0.1, -0.05) is 0 Å². The first-order valence-corrected chi connectivity index (χ1v) is 4.54. The van der Waals surface area contributed by atoms with Crippen molar-refractivity contribution in [3.8, 4) is 0 Å². The average molecular weight is 187 g/mol. The maximum Gasteiger partial charge on any atom is 0.307 e. The van der Waals surface area contributed by atoms with E-state index in [1.54, 1.807) is 0 Å². The largest absolute Gasteiger partial charge is 0.461 e. The van der Waals surface area contributed by atoms with Crippen molar-refractivity contribution >= 4 is 5.97 Å². The van der Waals surface area contributed by atoms with E-state index in [1.165, 1.54) is 0 Å². The van der Waals surface area contributed by atoms with E-state index in [2.05, 4.69) is 0 Å². The van der Waals surface area contributed by atoms with E-state index in [9.17, 15) is 4.79 Å². The monoisotopic (exact) mass is 187 g/mol. The summed E-state index contributed by atoms with van der Waals surface area (Å²) in [5, 5.41) is 0. The smallest absolute Gasteiger partial charge is 0.307 e. The first kappa shape index (κ1) is 10.4. The number of esters is 1. The molecule has 1 aliphatic rings. The molecule has 0 aromatic heterocycles. The summed E-state index contributed by atoms with van der Waals surface area (Å²) in [5.74, 6) is -0.281. The van der Waals surface area contributed by atoms with Crippen molar-refractivity contribution in [2.45, 2.75) is 37.5 Å². The molecule has 6 N–H and O–H groups in total. The molecule has 0 saturated heterocycles. The zero-order valence-corrected chi connectivity index (χ0v) is 7.61. The summed E-state index contributed by atoms with van der Waals surface area (Å²) in [5.41, 5.74) is 16.6. The molecule has 2 unspecified atom stereocenters. The Morgan fingerprint density at radius 2 is 2.08 bits per heavy atom. The van der Waals surface area contributed by atoms with E-state index in [1.807, 2.05) is 0 Å². The molecule has 13 heavy (non-hydrogen) atoms. The van der Waals surface area contributed by atoms with Gasteiger partial charge in [0.05, 0.1) is 6.42 Å². The third-order valence-corrected chi connectivity index (χ3v) is 2.22. The van der Waals surface area contributed by atoms with Crippen LogP contribution in [0.15, 0.2) is 0 Å². The zero-order valence-electron chi connectivity index (χ0n) is 7.61. The predicted octanol–water partition coefficient (Wildman–Crippen LogP) is -1.30. The summed E-state index contributed by atoms with van der Waals surface area (Å²) in [6, 6.07) is -0.0533. The molecule has 1 rings (SSSR count). The Morgan fingerprint density at radius 1 is 1.38 bits per heavy atom. The standard InChI is InChI=1S/C8H17N3O2/c9-2-1-8(12)13-7-4-5(10)3-6(7)11/h5-7H,1-4,9-11H2/t5?,6?,7-/m0/s1. The van der Waals surface area contributed by atoms with Gasteiger partial charge in [-0.3, -0.25) is 4.79 Å². The van der Waals surface area contributed by atoms with E-state index in [0.717, 1.165) is 6.42 Å². The predicted molar refractivity (Wildman–Crippen MR) is 48.7 cm³/mol. The van der Waals surface area contributed by atoms with E-state index >= 15 is 0 Å². The lowest BCUT2D eigenvalue weighted by Crippen LogP contribution is -2.33. The number of carbonyl (C=O) groups is 1. The van der Waals surface area contributed by atoms with Crippen LogP contribution in [0.5, 0.6) is 0 Å². The lowest BCUT2D eigenvalue weighted by molar-refractivity contribution is -0.149. The molecule has 0 aromatic rings. The van der Waals surface area contributed by atoms with Crippen LogP contribution in [0.4, 0.5) is 0 Å². The molecule has 1 aliphatic carbocycles. The van der Waals surface area contributed by atoms with Crippen molar-refractivity contribution in [1.29, 1.82) is 0 Å². The Labute approximate surface area is 77.6 Å². The zero-order chi connectivity index (χ0) is 9.84. The van der Waals surface area contributed by atoms with Crippen LogP contribution in [0.3, 0.4) is 0 Å². The van der Waals surface area contributed by atoms with Crippen molar-refractivity contribution in [2.75, 3.05) is 6.54 Å². The van der Waals surface area contributed by atoms with Gasteiger partial charge in [0.1, 0.15) is 6.10 Å². The highest BCUT2D eigenvalue weighted by Crippen LogP contribution is 2.19. The molecule has 0 heterocycles. The Hall–Kier alpha value is -0.650. The normalized spacial score (nSPS) is 33.3. The molecule has 1 fully saturated rings. The van der Waals surface area contributed by atoms with E-state index < -0.39 is 0 Å². The average Bonchev–Trinajstić information content (AvgIpc) is 2.30. The molecule has 0 radical (unpaired) electrons. The van der Waals surface area contributed by atoms with Gasteiger partial charge in [0.25, 0.3) is 0 Å². The second-order valence-electron chi connectivity index (χ2n) is 3.46. The summed E-state index contributed by atoms with van der Waals surface area (Å²) in [6.45, 7) is 0.312. The van der Waals surface area contributed by atoms with E-state index in [0.29, 0.717) is 13.0 Å². The Bertz CT molecular complexity index is 186.